The quantitative estimate of drug-likeness (QED) is 0.614. The van der Waals surface area contributed by atoms with Crippen LogP contribution in [0.3, 0.4) is 0 Å². The van der Waals surface area contributed by atoms with Crippen LogP contribution in [0, 0.1) is 0 Å². The van der Waals surface area contributed by atoms with E-state index >= 15 is 0 Å². The standard InChI is InChI=1S/C5H13NO.ClH/c1-4(6)5(2)7-3;/h4-5H,6H2,1-3H3;1H/t4-,5?;/m1./s1. The number of nitrogens with two attached hydrogens (primary N) is 1. The molecule has 0 aliphatic heterocycles. The number of halogens is 1. The van der Waals surface area contributed by atoms with Crippen molar-refractivity contribution in [3.63, 3.8) is 0 Å². The molecule has 0 heterocycles. The molecule has 0 aliphatic carbocycles. The van der Waals surface area contributed by atoms with E-state index in [1.807, 2.05) is 13.8 Å². The van der Waals surface area contributed by atoms with Crippen molar-refractivity contribution < 1.29 is 4.74 Å². The van der Waals surface area contributed by atoms with E-state index < -0.39 is 0 Å². The van der Waals surface area contributed by atoms with Gasteiger partial charge in [-0.05, 0) is 13.8 Å². The highest BCUT2D eigenvalue weighted by molar-refractivity contribution is 5.85. The van der Waals surface area contributed by atoms with E-state index in [1.165, 1.54) is 0 Å². The fraction of sp³-hybridized carbons (Fsp3) is 1.00. The van der Waals surface area contributed by atoms with Gasteiger partial charge in [0.2, 0.25) is 0 Å². The minimum Gasteiger partial charge on any atom is -0.380 e. The van der Waals surface area contributed by atoms with E-state index in [0.717, 1.165) is 0 Å². The molecule has 0 amide bonds. The Hall–Kier alpha value is 0.210. The van der Waals surface area contributed by atoms with E-state index in [4.69, 9.17) is 10.5 Å². The van der Waals surface area contributed by atoms with Gasteiger partial charge in [0.1, 0.15) is 0 Å². The zero-order valence-electron chi connectivity index (χ0n) is 5.55. The van der Waals surface area contributed by atoms with Crippen LogP contribution in [0.1, 0.15) is 13.8 Å². The van der Waals surface area contributed by atoms with Gasteiger partial charge >= 0.3 is 0 Å². The third-order valence-corrected chi connectivity index (χ3v) is 1.11. The molecular formula is C5H14ClNO. The van der Waals surface area contributed by atoms with Crippen molar-refractivity contribution in [3.8, 4) is 0 Å². The summed E-state index contributed by atoms with van der Waals surface area (Å²) in [5.41, 5.74) is 5.42. The second-order valence-corrected chi connectivity index (χ2v) is 1.80. The van der Waals surface area contributed by atoms with Crippen LogP contribution in [-0.4, -0.2) is 19.3 Å². The van der Waals surface area contributed by atoms with Crippen LogP contribution in [-0.2, 0) is 4.74 Å². The molecule has 0 aromatic carbocycles. The van der Waals surface area contributed by atoms with Crippen LogP contribution in [0.25, 0.3) is 0 Å². The van der Waals surface area contributed by atoms with Crippen LogP contribution in [0.15, 0.2) is 0 Å². The van der Waals surface area contributed by atoms with Gasteiger partial charge in [0, 0.05) is 13.2 Å². The lowest BCUT2D eigenvalue weighted by Crippen LogP contribution is -2.30. The molecule has 0 aliphatic rings. The molecule has 2 nitrogen and oxygen atoms in total. The van der Waals surface area contributed by atoms with E-state index in [9.17, 15) is 0 Å². The normalized spacial score (nSPS) is 16.5. The maximum absolute atomic E-state index is 5.42. The number of methoxy groups -OCH3 is 1. The summed E-state index contributed by atoms with van der Waals surface area (Å²) in [4.78, 5) is 0. The van der Waals surface area contributed by atoms with Gasteiger partial charge in [-0.15, -0.1) is 12.4 Å². The number of rotatable bonds is 2. The summed E-state index contributed by atoms with van der Waals surface area (Å²) in [6.45, 7) is 3.87. The maximum atomic E-state index is 5.42. The van der Waals surface area contributed by atoms with Crippen molar-refractivity contribution in [2.24, 2.45) is 5.73 Å². The van der Waals surface area contributed by atoms with Crippen molar-refractivity contribution >= 4 is 12.4 Å². The molecule has 3 heteroatoms. The summed E-state index contributed by atoms with van der Waals surface area (Å²) in [6.07, 6.45) is 0.181. The van der Waals surface area contributed by atoms with E-state index in [1.54, 1.807) is 7.11 Å². The molecule has 0 aromatic heterocycles. The number of hydrogen-bond donors (Lipinski definition) is 1. The van der Waals surface area contributed by atoms with Crippen molar-refractivity contribution in [2.75, 3.05) is 7.11 Å². The largest absolute Gasteiger partial charge is 0.380 e. The molecule has 2 atom stereocenters. The average Bonchev–Trinajstić information content (AvgIpc) is 1.65. The van der Waals surface area contributed by atoms with E-state index in [0.29, 0.717) is 0 Å². The lowest BCUT2D eigenvalue weighted by molar-refractivity contribution is 0.101. The lowest BCUT2D eigenvalue weighted by Gasteiger charge is -2.11. The second kappa shape index (κ2) is 5.35. The predicted octanol–water partition coefficient (Wildman–Crippen LogP) is 0.790. The topological polar surface area (TPSA) is 35.2 Å². The Morgan fingerprint density at radius 2 is 1.75 bits per heavy atom. The highest BCUT2D eigenvalue weighted by Crippen LogP contribution is 1.89. The third kappa shape index (κ3) is 4.37. The van der Waals surface area contributed by atoms with Gasteiger partial charge in [-0.3, -0.25) is 0 Å². The van der Waals surface area contributed by atoms with E-state index in [2.05, 4.69) is 0 Å². The SMILES string of the molecule is COC(C)[C@@H](C)N.Cl. The molecule has 0 rings (SSSR count). The first-order chi connectivity index (χ1) is 3.18. The summed E-state index contributed by atoms with van der Waals surface area (Å²) >= 11 is 0. The molecule has 8 heavy (non-hydrogen) atoms. The summed E-state index contributed by atoms with van der Waals surface area (Å²) < 4.78 is 4.89. The molecule has 0 aromatic rings. The van der Waals surface area contributed by atoms with Crippen LogP contribution in [0.5, 0.6) is 0 Å². The molecule has 0 spiro atoms. The van der Waals surface area contributed by atoms with Gasteiger partial charge in [-0.1, -0.05) is 0 Å². The Kier molecular flexibility index (Phi) is 7.40. The smallest absolute Gasteiger partial charge is 0.0691 e. The molecule has 0 bridgehead atoms. The van der Waals surface area contributed by atoms with Gasteiger partial charge in [-0.2, -0.15) is 0 Å². The average molecular weight is 140 g/mol. The summed E-state index contributed by atoms with van der Waals surface area (Å²) in [6, 6.07) is 0.144. The highest BCUT2D eigenvalue weighted by atomic mass is 35.5. The van der Waals surface area contributed by atoms with Crippen LogP contribution >= 0.6 is 12.4 Å². The Bertz CT molecular complexity index is 49.7. The first-order valence-corrected chi connectivity index (χ1v) is 2.47. The van der Waals surface area contributed by atoms with Crippen molar-refractivity contribution in [2.45, 2.75) is 26.0 Å². The van der Waals surface area contributed by atoms with Crippen molar-refractivity contribution in [1.29, 1.82) is 0 Å². The number of hydrogen-bond acceptors (Lipinski definition) is 2. The fourth-order valence-corrected chi connectivity index (χ4v) is 0.215. The third-order valence-electron chi connectivity index (χ3n) is 1.11. The summed E-state index contributed by atoms with van der Waals surface area (Å²) in [7, 11) is 1.66. The molecule has 0 saturated heterocycles. The highest BCUT2D eigenvalue weighted by Gasteiger charge is 2.02. The van der Waals surface area contributed by atoms with E-state index in [-0.39, 0.29) is 24.6 Å². The fourth-order valence-electron chi connectivity index (χ4n) is 0.215. The molecular weight excluding hydrogens is 126 g/mol. The van der Waals surface area contributed by atoms with Crippen LogP contribution in [0.2, 0.25) is 0 Å². The zero-order valence-corrected chi connectivity index (χ0v) is 6.37. The molecule has 1 unspecified atom stereocenters. The zero-order chi connectivity index (χ0) is 5.86. The molecule has 0 fully saturated rings. The molecule has 0 radical (unpaired) electrons. The lowest BCUT2D eigenvalue weighted by atomic mass is 10.2. The van der Waals surface area contributed by atoms with Crippen LogP contribution in [0.4, 0.5) is 0 Å². The van der Waals surface area contributed by atoms with Gasteiger partial charge in [0.25, 0.3) is 0 Å². The Morgan fingerprint density at radius 1 is 1.38 bits per heavy atom. The van der Waals surface area contributed by atoms with Gasteiger partial charge in [-0.25, -0.2) is 0 Å². The molecule has 0 saturated carbocycles. The molecule has 2 N–H and O–H groups in total. The first kappa shape index (κ1) is 11.1. The molecule has 52 valence electrons. The maximum Gasteiger partial charge on any atom is 0.0691 e. The Morgan fingerprint density at radius 3 is 1.75 bits per heavy atom. The van der Waals surface area contributed by atoms with Crippen molar-refractivity contribution in [1.82, 2.24) is 0 Å². The Labute approximate surface area is 56.8 Å². The second-order valence-electron chi connectivity index (χ2n) is 1.80. The first-order valence-electron chi connectivity index (χ1n) is 2.47. The summed E-state index contributed by atoms with van der Waals surface area (Å²) in [5.74, 6) is 0. The summed E-state index contributed by atoms with van der Waals surface area (Å²) in [5, 5.41) is 0. The van der Waals surface area contributed by atoms with Gasteiger partial charge in [0.05, 0.1) is 6.10 Å². The minimum atomic E-state index is 0. The van der Waals surface area contributed by atoms with Crippen molar-refractivity contribution in [3.05, 3.63) is 0 Å². The van der Waals surface area contributed by atoms with Gasteiger partial charge in [0.15, 0.2) is 0 Å². The van der Waals surface area contributed by atoms with Crippen LogP contribution < -0.4 is 5.73 Å². The van der Waals surface area contributed by atoms with Gasteiger partial charge < -0.3 is 10.5 Å². The number of ether oxygens (including phenoxy) is 1. The minimum absolute atomic E-state index is 0. The predicted molar refractivity (Wildman–Crippen MR) is 37.4 cm³/mol. The Balaban J connectivity index is 0. The monoisotopic (exact) mass is 139 g/mol.